The Kier molecular flexibility index (Phi) is 3.85. The number of fused-ring (bicyclic) bond motifs is 1. The van der Waals surface area contributed by atoms with E-state index in [4.69, 9.17) is 0 Å². The number of nitrogens with zero attached hydrogens (tertiary/aromatic N) is 2. The molecule has 6 nitrogen and oxygen atoms in total. The Hall–Kier alpha value is -2.93. The zero-order chi connectivity index (χ0) is 17.4. The topological polar surface area (TPSA) is 86.5 Å². The van der Waals surface area contributed by atoms with Gasteiger partial charge in [0.2, 0.25) is 0 Å². The number of carbonyl (C=O) groups excluding carboxylic acids is 1. The first kappa shape index (κ1) is 15.6. The van der Waals surface area contributed by atoms with Crippen LogP contribution in [0.4, 0.5) is 5.69 Å². The number of anilines is 1. The summed E-state index contributed by atoms with van der Waals surface area (Å²) in [7, 11) is 0. The largest absolute Gasteiger partial charge is 0.350 e. The molecule has 0 spiro atoms. The SMILES string of the molecule is Cc1nc(-c2cccc(NC(=O)c3cc4ccc(Br)cc4[nH]3)c2)n[nH]1. The van der Waals surface area contributed by atoms with Crippen LogP contribution in [0.25, 0.3) is 22.3 Å². The third-order valence-electron chi connectivity index (χ3n) is 3.80. The van der Waals surface area contributed by atoms with E-state index < -0.39 is 0 Å². The highest BCUT2D eigenvalue weighted by atomic mass is 79.9. The number of aromatic nitrogens is 4. The van der Waals surface area contributed by atoms with Crippen molar-refractivity contribution in [2.45, 2.75) is 6.92 Å². The van der Waals surface area contributed by atoms with Crippen LogP contribution in [-0.4, -0.2) is 26.1 Å². The van der Waals surface area contributed by atoms with Crippen molar-refractivity contribution in [1.82, 2.24) is 20.2 Å². The Morgan fingerprint density at radius 1 is 1.16 bits per heavy atom. The van der Waals surface area contributed by atoms with E-state index in [1.165, 1.54) is 0 Å². The van der Waals surface area contributed by atoms with Gasteiger partial charge in [-0.15, -0.1) is 0 Å². The molecule has 0 saturated heterocycles. The quantitative estimate of drug-likeness (QED) is 0.483. The van der Waals surface area contributed by atoms with Gasteiger partial charge in [-0.05, 0) is 37.3 Å². The number of carbonyl (C=O) groups is 1. The molecule has 7 heteroatoms. The van der Waals surface area contributed by atoms with Crippen molar-refractivity contribution >= 4 is 38.4 Å². The molecule has 4 rings (SSSR count). The second-order valence-corrected chi connectivity index (χ2v) is 6.61. The second kappa shape index (κ2) is 6.18. The van der Waals surface area contributed by atoms with Crippen LogP contribution in [0.2, 0.25) is 0 Å². The minimum absolute atomic E-state index is 0.198. The first-order valence-corrected chi connectivity index (χ1v) is 8.47. The van der Waals surface area contributed by atoms with Gasteiger partial charge in [0.15, 0.2) is 5.82 Å². The van der Waals surface area contributed by atoms with Crippen LogP contribution < -0.4 is 5.32 Å². The van der Waals surface area contributed by atoms with Crippen molar-refractivity contribution in [2.75, 3.05) is 5.32 Å². The van der Waals surface area contributed by atoms with Gasteiger partial charge in [-0.2, -0.15) is 5.10 Å². The molecule has 0 radical (unpaired) electrons. The lowest BCUT2D eigenvalue weighted by molar-refractivity contribution is 0.102. The zero-order valence-corrected chi connectivity index (χ0v) is 14.9. The fourth-order valence-electron chi connectivity index (χ4n) is 2.63. The molecule has 3 N–H and O–H groups in total. The maximum absolute atomic E-state index is 12.5. The predicted octanol–water partition coefficient (Wildman–Crippen LogP) is 4.28. The number of benzene rings is 2. The van der Waals surface area contributed by atoms with E-state index in [2.05, 4.69) is 41.4 Å². The summed E-state index contributed by atoms with van der Waals surface area (Å²) < 4.78 is 0.961. The van der Waals surface area contributed by atoms with Gasteiger partial charge in [0, 0.05) is 26.6 Å². The number of rotatable bonds is 3. The average Bonchev–Trinajstić information content (AvgIpc) is 3.21. The Morgan fingerprint density at radius 3 is 2.84 bits per heavy atom. The first-order valence-electron chi connectivity index (χ1n) is 7.67. The van der Waals surface area contributed by atoms with Gasteiger partial charge in [-0.3, -0.25) is 9.89 Å². The van der Waals surface area contributed by atoms with Gasteiger partial charge < -0.3 is 10.3 Å². The van der Waals surface area contributed by atoms with E-state index in [0.717, 1.165) is 26.8 Å². The molecule has 1 amide bonds. The minimum Gasteiger partial charge on any atom is -0.350 e. The normalized spacial score (nSPS) is 11.0. The van der Waals surface area contributed by atoms with Crippen LogP contribution in [0.5, 0.6) is 0 Å². The summed E-state index contributed by atoms with van der Waals surface area (Å²) in [5, 5.41) is 10.8. The molecule has 0 unspecified atom stereocenters. The van der Waals surface area contributed by atoms with Gasteiger partial charge >= 0.3 is 0 Å². The van der Waals surface area contributed by atoms with Crippen LogP contribution >= 0.6 is 15.9 Å². The number of aryl methyl sites for hydroxylation is 1. The summed E-state index contributed by atoms with van der Waals surface area (Å²) in [6.07, 6.45) is 0. The number of H-pyrrole nitrogens is 2. The average molecular weight is 396 g/mol. The Bertz CT molecular complexity index is 1080. The van der Waals surface area contributed by atoms with Crippen molar-refractivity contribution in [3.63, 3.8) is 0 Å². The second-order valence-electron chi connectivity index (χ2n) is 5.69. The fourth-order valence-corrected chi connectivity index (χ4v) is 2.99. The fraction of sp³-hybridized carbons (Fsp3) is 0.0556. The summed E-state index contributed by atoms with van der Waals surface area (Å²) in [5.74, 6) is 1.15. The number of aromatic amines is 2. The Labute approximate surface area is 151 Å². The number of halogens is 1. The highest BCUT2D eigenvalue weighted by Crippen LogP contribution is 2.22. The molecule has 2 aromatic carbocycles. The summed E-state index contributed by atoms with van der Waals surface area (Å²) in [4.78, 5) is 20.0. The first-order chi connectivity index (χ1) is 12.1. The molecule has 2 heterocycles. The molecule has 0 aliphatic heterocycles. The maximum atomic E-state index is 12.5. The molecule has 0 saturated carbocycles. The third kappa shape index (κ3) is 3.18. The number of hydrogen-bond acceptors (Lipinski definition) is 3. The standard InChI is InChI=1S/C18H14BrN5O/c1-10-20-17(24-23-10)12-3-2-4-14(7-12)21-18(25)16-8-11-5-6-13(19)9-15(11)22-16/h2-9,22H,1H3,(H,21,25)(H,20,23,24). The Balaban J connectivity index is 1.59. The van der Waals surface area contributed by atoms with E-state index >= 15 is 0 Å². The van der Waals surface area contributed by atoms with Crippen molar-refractivity contribution in [3.8, 4) is 11.4 Å². The molecular weight excluding hydrogens is 382 g/mol. The van der Waals surface area contributed by atoms with Gasteiger partial charge in [0.05, 0.1) is 0 Å². The zero-order valence-electron chi connectivity index (χ0n) is 13.3. The van der Waals surface area contributed by atoms with E-state index in [1.54, 1.807) is 0 Å². The summed E-state index contributed by atoms with van der Waals surface area (Å²) in [6.45, 7) is 1.84. The van der Waals surface area contributed by atoms with Gasteiger partial charge in [0.1, 0.15) is 11.5 Å². The smallest absolute Gasteiger partial charge is 0.272 e. The monoisotopic (exact) mass is 395 g/mol. The van der Waals surface area contributed by atoms with Gasteiger partial charge in [0.25, 0.3) is 5.91 Å². The van der Waals surface area contributed by atoms with Crippen LogP contribution in [0, 0.1) is 6.92 Å². The molecule has 2 aromatic heterocycles. The van der Waals surface area contributed by atoms with Crippen LogP contribution in [-0.2, 0) is 0 Å². The van der Waals surface area contributed by atoms with Crippen molar-refractivity contribution in [3.05, 3.63) is 64.5 Å². The van der Waals surface area contributed by atoms with E-state index in [9.17, 15) is 4.79 Å². The van der Waals surface area contributed by atoms with Crippen LogP contribution in [0.1, 0.15) is 16.3 Å². The number of nitrogens with one attached hydrogen (secondary N) is 3. The minimum atomic E-state index is -0.198. The molecule has 0 aliphatic carbocycles. The van der Waals surface area contributed by atoms with Crippen molar-refractivity contribution in [2.24, 2.45) is 0 Å². The van der Waals surface area contributed by atoms with E-state index in [0.29, 0.717) is 17.2 Å². The van der Waals surface area contributed by atoms with Crippen LogP contribution in [0.3, 0.4) is 0 Å². The molecule has 124 valence electrons. The van der Waals surface area contributed by atoms with E-state index in [-0.39, 0.29) is 5.91 Å². The van der Waals surface area contributed by atoms with Crippen molar-refractivity contribution < 1.29 is 4.79 Å². The van der Waals surface area contributed by atoms with Crippen LogP contribution in [0.15, 0.2) is 53.0 Å². The van der Waals surface area contributed by atoms with Crippen molar-refractivity contribution in [1.29, 1.82) is 0 Å². The molecule has 0 atom stereocenters. The molecule has 25 heavy (non-hydrogen) atoms. The lowest BCUT2D eigenvalue weighted by Crippen LogP contribution is -2.12. The molecule has 4 aromatic rings. The third-order valence-corrected chi connectivity index (χ3v) is 4.30. The van der Waals surface area contributed by atoms with Gasteiger partial charge in [-0.1, -0.05) is 34.1 Å². The Morgan fingerprint density at radius 2 is 2.04 bits per heavy atom. The lowest BCUT2D eigenvalue weighted by Gasteiger charge is -2.05. The summed E-state index contributed by atoms with van der Waals surface area (Å²) >= 11 is 3.43. The van der Waals surface area contributed by atoms with E-state index in [1.807, 2.05) is 55.5 Å². The number of amides is 1. The molecule has 0 fully saturated rings. The lowest BCUT2D eigenvalue weighted by atomic mass is 10.2. The number of hydrogen-bond donors (Lipinski definition) is 3. The summed E-state index contributed by atoms with van der Waals surface area (Å²) in [5.41, 5.74) is 2.93. The molecular formula is C18H14BrN5O. The predicted molar refractivity (Wildman–Crippen MR) is 101 cm³/mol. The maximum Gasteiger partial charge on any atom is 0.272 e. The highest BCUT2D eigenvalue weighted by molar-refractivity contribution is 9.10. The van der Waals surface area contributed by atoms with Gasteiger partial charge in [-0.25, -0.2) is 4.98 Å². The highest BCUT2D eigenvalue weighted by Gasteiger charge is 2.11. The molecule has 0 bridgehead atoms. The summed E-state index contributed by atoms with van der Waals surface area (Å²) in [6, 6.07) is 15.1. The molecule has 0 aliphatic rings.